The summed E-state index contributed by atoms with van der Waals surface area (Å²) in [7, 11) is 0. The number of nitrogens with one attached hydrogen (secondary N) is 1. The molecule has 0 radical (unpaired) electrons. The first kappa shape index (κ1) is 14.4. The minimum atomic E-state index is -0.247. The monoisotopic (exact) mass is 300 g/mol. The van der Waals surface area contributed by atoms with E-state index in [1.54, 1.807) is 6.07 Å². The van der Waals surface area contributed by atoms with Gasteiger partial charge in [0, 0.05) is 37.2 Å². The van der Waals surface area contributed by atoms with Crippen LogP contribution in [0, 0.1) is 5.82 Å². The zero-order valence-electron chi connectivity index (χ0n) is 12.1. The van der Waals surface area contributed by atoms with Gasteiger partial charge < -0.3 is 10.2 Å². The summed E-state index contributed by atoms with van der Waals surface area (Å²) >= 11 is 0. The van der Waals surface area contributed by atoms with Crippen LogP contribution in [0.15, 0.2) is 42.9 Å². The van der Waals surface area contributed by atoms with Gasteiger partial charge in [-0.3, -0.25) is 9.78 Å². The van der Waals surface area contributed by atoms with Crippen LogP contribution in [-0.4, -0.2) is 35.0 Å². The molecule has 1 atom stereocenters. The number of hydrogen-bond acceptors (Lipinski definition) is 4. The van der Waals surface area contributed by atoms with Crippen molar-refractivity contribution in [1.82, 2.24) is 15.3 Å². The Morgan fingerprint density at radius 2 is 2.27 bits per heavy atom. The van der Waals surface area contributed by atoms with Gasteiger partial charge in [0.1, 0.15) is 11.5 Å². The van der Waals surface area contributed by atoms with Crippen molar-refractivity contribution in [2.75, 3.05) is 18.0 Å². The molecule has 1 aromatic carbocycles. The lowest BCUT2D eigenvalue weighted by molar-refractivity contribution is 0.0927. The van der Waals surface area contributed by atoms with E-state index in [-0.39, 0.29) is 17.8 Å². The van der Waals surface area contributed by atoms with Crippen LogP contribution < -0.4 is 10.2 Å². The molecule has 0 spiro atoms. The fourth-order valence-corrected chi connectivity index (χ4v) is 2.68. The van der Waals surface area contributed by atoms with Gasteiger partial charge in [-0.2, -0.15) is 0 Å². The van der Waals surface area contributed by atoms with Crippen molar-refractivity contribution >= 4 is 11.6 Å². The predicted molar refractivity (Wildman–Crippen MR) is 81.1 cm³/mol. The van der Waals surface area contributed by atoms with E-state index in [1.807, 2.05) is 6.07 Å². The van der Waals surface area contributed by atoms with Crippen LogP contribution in [0.2, 0.25) is 0 Å². The summed E-state index contributed by atoms with van der Waals surface area (Å²) in [6, 6.07) is 6.56. The lowest BCUT2D eigenvalue weighted by Crippen LogP contribution is -2.48. The smallest absolute Gasteiger partial charge is 0.271 e. The lowest BCUT2D eigenvalue weighted by Gasteiger charge is -2.34. The Morgan fingerprint density at radius 3 is 3.05 bits per heavy atom. The van der Waals surface area contributed by atoms with Crippen molar-refractivity contribution in [2.24, 2.45) is 0 Å². The normalized spacial score (nSPS) is 18.0. The molecular weight excluding hydrogens is 283 g/mol. The van der Waals surface area contributed by atoms with Crippen molar-refractivity contribution in [3.05, 3.63) is 54.4 Å². The molecule has 1 N–H and O–H groups in total. The standard InChI is InChI=1S/C16H17FN4O/c17-12-3-1-5-14(9-12)21-8-2-4-13(11-21)20-16(22)15-10-18-6-7-19-15/h1,3,5-7,9-10,13H,2,4,8,11H2,(H,20,22)/t13-/m0/s1. The number of carbonyl (C=O) groups is 1. The van der Waals surface area contributed by atoms with Gasteiger partial charge in [-0.15, -0.1) is 0 Å². The maximum atomic E-state index is 13.3. The summed E-state index contributed by atoms with van der Waals surface area (Å²) < 4.78 is 13.3. The predicted octanol–water partition coefficient (Wildman–Crippen LogP) is 2.01. The second-order valence-corrected chi connectivity index (χ2v) is 5.33. The largest absolute Gasteiger partial charge is 0.369 e. The van der Waals surface area contributed by atoms with E-state index in [2.05, 4.69) is 20.2 Å². The summed E-state index contributed by atoms with van der Waals surface area (Å²) in [6.07, 6.45) is 6.32. The first-order chi connectivity index (χ1) is 10.7. The minimum Gasteiger partial charge on any atom is -0.369 e. The molecule has 2 heterocycles. The molecule has 0 unspecified atom stereocenters. The van der Waals surface area contributed by atoms with Crippen LogP contribution in [0.25, 0.3) is 0 Å². The Balaban J connectivity index is 1.65. The SMILES string of the molecule is O=C(N[C@H]1CCCN(c2cccc(F)c2)C1)c1cnccn1. The lowest BCUT2D eigenvalue weighted by atomic mass is 10.0. The highest BCUT2D eigenvalue weighted by Crippen LogP contribution is 2.20. The first-order valence-corrected chi connectivity index (χ1v) is 7.30. The minimum absolute atomic E-state index is 0.0199. The molecular formula is C16H17FN4O. The number of nitrogens with zero attached hydrogens (tertiary/aromatic N) is 3. The summed E-state index contributed by atoms with van der Waals surface area (Å²) in [5.41, 5.74) is 1.16. The van der Waals surface area contributed by atoms with Gasteiger partial charge in [0.25, 0.3) is 5.91 Å². The third-order valence-electron chi connectivity index (χ3n) is 3.73. The number of benzene rings is 1. The summed E-state index contributed by atoms with van der Waals surface area (Å²) in [6.45, 7) is 1.52. The Kier molecular flexibility index (Phi) is 4.27. The number of piperidine rings is 1. The highest BCUT2D eigenvalue weighted by atomic mass is 19.1. The first-order valence-electron chi connectivity index (χ1n) is 7.30. The number of amides is 1. The molecule has 5 nitrogen and oxygen atoms in total. The van der Waals surface area contributed by atoms with Crippen LogP contribution in [0.5, 0.6) is 0 Å². The van der Waals surface area contributed by atoms with Crippen molar-refractivity contribution in [3.63, 3.8) is 0 Å². The number of carbonyl (C=O) groups excluding carboxylic acids is 1. The number of aromatic nitrogens is 2. The number of rotatable bonds is 3. The van der Waals surface area contributed by atoms with Crippen LogP contribution in [-0.2, 0) is 0 Å². The van der Waals surface area contributed by atoms with Gasteiger partial charge in [0.15, 0.2) is 0 Å². The molecule has 114 valence electrons. The van der Waals surface area contributed by atoms with Gasteiger partial charge in [-0.25, -0.2) is 9.37 Å². The van der Waals surface area contributed by atoms with E-state index in [4.69, 9.17) is 0 Å². The molecule has 3 rings (SSSR count). The molecule has 2 aromatic rings. The number of hydrogen-bond donors (Lipinski definition) is 1. The van der Waals surface area contributed by atoms with Gasteiger partial charge >= 0.3 is 0 Å². The van der Waals surface area contributed by atoms with E-state index in [0.717, 1.165) is 25.1 Å². The van der Waals surface area contributed by atoms with Gasteiger partial charge in [-0.1, -0.05) is 6.07 Å². The number of halogens is 1. The second kappa shape index (κ2) is 6.51. The van der Waals surface area contributed by atoms with Crippen molar-refractivity contribution < 1.29 is 9.18 Å². The molecule has 0 aliphatic carbocycles. The Labute approximate surface area is 128 Å². The zero-order chi connectivity index (χ0) is 15.4. The highest BCUT2D eigenvalue weighted by molar-refractivity contribution is 5.92. The number of anilines is 1. The van der Waals surface area contributed by atoms with Crippen LogP contribution in [0.1, 0.15) is 23.3 Å². The van der Waals surface area contributed by atoms with Crippen LogP contribution in [0.3, 0.4) is 0 Å². The molecule has 1 aromatic heterocycles. The van der Waals surface area contributed by atoms with E-state index < -0.39 is 0 Å². The van der Waals surface area contributed by atoms with Gasteiger partial charge in [-0.05, 0) is 31.0 Å². The Bertz CT molecular complexity index is 650. The Hall–Kier alpha value is -2.50. The molecule has 1 saturated heterocycles. The van der Waals surface area contributed by atoms with E-state index >= 15 is 0 Å². The Morgan fingerprint density at radius 1 is 1.36 bits per heavy atom. The maximum Gasteiger partial charge on any atom is 0.271 e. The molecule has 1 fully saturated rings. The summed E-state index contributed by atoms with van der Waals surface area (Å²) in [4.78, 5) is 22.1. The molecule has 22 heavy (non-hydrogen) atoms. The second-order valence-electron chi connectivity index (χ2n) is 5.33. The fraction of sp³-hybridized carbons (Fsp3) is 0.312. The maximum absolute atomic E-state index is 13.3. The molecule has 1 aliphatic heterocycles. The fourth-order valence-electron chi connectivity index (χ4n) is 2.68. The van der Waals surface area contributed by atoms with Crippen LogP contribution >= 0.6 is 0 Å². The van der Waals surface area contributed by atoms with Crippen molar-refractivity contribution in [1.29, 1.82) is 0 Å². The van der Waals surface area contributed by atoms with Crippen molar-refractivity contribution in [3.8, 4) is 0 Å². The third-order valence-corrected chi connectivity index (χ3v) is 3.73. The quantitative estimate of drug-likeness (QED) is 0.942. The van der Waals surface area contributed by atoms with Crippen molar-refractivity contribution in [2.45, 2.75) is 18.9 Å². The van der Waals surface area contributed by atoms with E-state index in [0.29, 0.717) is 12.2 Å². The van der Waals surface area contributed by atoms with Crippen LogP contribution in [0.4, 0.5) is 10.1 Å². The van der Waals surface area contributed by atoms with Gasteiger partial charge in [0.05, 0.1) is 6.20 Å². The van der Waals surface area contributed by atoms with Gasteiger partial charge in [0.2, 0.25) is 0 Å². The molecule has 0 saturated carbocycles. The molecule has 0 bridgehead atoms. The average molecular weight is 300 g/mol. The van der Waals surface area contributed by atoms with E-state index in [1.165, 1.54) is 30.7 Å². The summed E-state index contributed by atoms with van der Waals surface area (Å²) in [5, 5.41) is 2.97. The topological polar surface area (TPSA) is 58.1 Å². The highest BCUT2D eigenvalue weighted by Gasteiger charge is 2.22. The molecule has 1 amide bonds. The molecule has 1 aliphatic rings. The molecule has 6 heteroatoms. The summed E-state index contributed by atoms with van der Waals surface area (Å²) in [5.74, 6) is -0.470. The zero-order valence-corrected chi connectivity index (χ0v) is 12.1. The van der Waals surface area contributed by atoms with E-state index in [9.17, 15) is 9.18 Å². The average Bonchev–Trinajstić information content (AvgIpc) is 2.56. The third kappa shape index (κ3) is 3.39.